The average molecular weight is 393 g/mol. The van der Waals surface area contributed by atoms with E-state index in [-0.39, 0.29) is 26.8 Å². The fourth-order valence-corrected chi connectivity index (χ4v) is 2.77. The highest BCUT2D eigenvalue weighted by Crippen LogP contribution is 2.32. The lowest BCUT2D eigenvalue weighted by molar-refractivity contribution is -0.126. The highest BCUT2D eigenvalue weighted by Gasteiger charge is 2.29. The standard InChI is InChI=1S/C14H14F2INO2/c1-3-20-8-6-9(15)13(10(16)7-8)12-5-4-11(17)14(19)18(12)2/h5-7,11H,3-4H2,1-2H3. The third kappa shape index (κ3) is 2.79. The van der Waals surface area contributed by atoms with Crippen LogP contribution in [0.3, 0.4) is 0 Å². The van der Waals surface area contributed by atoms with E-state index in [0.29, 0.717) is 13.0 Å². The number of amides is 1. The van der Waals surface area contributed by atoms with Gasteiger partial charge in [-0.1, -0.05) is 28.7 Å². The topological polar surface area (TPSA) is 29.5 Å². The van der Waals surface area contributed by atoms with Gasteiger partial charge in [0.15, 0.2) is 0 Å². The van der Waals surface area contributed by atoms with Crippen LogP contribution in [0.15, 0.2) is 18.2 Å². The molecular weight excluding hydrogens is 379 g/mol. The van der Waals surface area contributed by atoms with E-state index in [1.54, 1.807) is 13.0 Å². The molecule has 1 aliphatic heterocycles. The SMILES string of the molecule is CCOc1cc(F)c(C2=CCC(I)C(=O)N2C)c(F)c1. The number of nitrogens with zero attached hydrogens (tertiary/aromatic N) is 1. The zero-order valence-electron chi connectivity index (χ0n) is 11.1. The molecule has 0 aliphatic carbocycles. The van der Waals surface area contributed by atoms with Crippen LogP contribution >= 0.6 is 22.6 Å². The maximum absolute atomic E-state index is 14.1. The summed E-state index contributed by atoms with van der Waals surface area (Å²) in [5, 5.41) is 0. The van der Waals surface area contributed by atoms with E-state index in [0.717, 1.165) is 12.1 Å². The van der Waals surface area contributed by atoms with Crippen LogP contribution in [0.2, 0.25) is 0 Å². The number of allylic oxidation sites excluding steroid dienone is 1. The van der Waals surface area contributed by atoms with Crippen molar-refractivity contribution in [2.45, 2.75) is 17.3 Å². The summed E-state index contributed by atoms with van der Waals surface area (Å²) in [7, 11) is 1.52. The molecule has 20 heavy (non-hydrogen) atoms. The first-order chi connectivity index (χ1) is 9.45. The lowest BCUT2D eigenvalue weighted by atomic mass is 10.0. The molecule has 1 unspecified atom stereocenters. The van der Waals surface area contributed by atoms with Crippen molar-refractivity contribution in [3.63, 3.8) is 0 Å². The van der Waals surface area contributed by atoms with E-state index in [4.69, 9.17) is 4.74 Å². The number of carbonyl (C=O) groups is 1. The molecule has 1 atom stereocenters. The predicted molar refractivity (Wildman–Crippen MR) is 80.7 cm³/mol. The van der Waals surface area contributed by atoms with E-state index in [1.165, 1.54) is 11.9 Å². The Hall–Kier alpha value is -1.18. The minimum atomic E-state index is -0.730. The van der Waals surface area contributed by atoms with Gasteiger partial charge in [0.05, 0.1) is 21.8 Å². The van der Waals surface area contributed by atoms with Crippen molar-refractivity contribution in [1.29, 1.82) is 0 Å². The first-order valence-electron chi connectivity index (χ1n) is 6.19. The molecule has 0 saturated carbocycles. The van der Waals surface area contributed by atoms with Gasteiger partial charge in [0.2, 0.25) is 5.91 Å². The van der Waals surface area contributed by atoms with Crippen LogP contribution < -0.4 is 4.74 Å². The Balaban J connectivity index is 2.45. The van der Waals surface area contributed by atoms with Gasteiger partial charge in [0.1, 0.15) is 17.4 Å². The Morgan fingerprint density at radius 2 is 2.00 bits per heavy atom. The van der Waals surface area contributed by atoms with Crippen LogP contribution in [0, 0.1) is 11.6 Å². The molecule has 0 saturated heterocycles. The highest BCUT2D eigenvalue weighted by atomic mass is 127. The number of rotatable bonds is 3. The van der Waals surface area contributed by atoms with Crippen molar-refractivity contribution < 1.29 is 18.3 Å². The van der Waals surface area contributed by atoms with Gasteiger partial charge in [-0.05, 0) is 13.3 Å². The first-order valence-corrected chi connectivity index (χ1v) is 7.44. The summed E-state index contributed by atoms with van der Waals surface area (Å²) in [6.45, 7) is 2.07. The van der Waals surface area contributed by atoms with Gasteiger partial charge >= 0.3 is 0 Å². The molecule has 0 N–H and O–H groups in total. The summed E-state index contributed by atoms with van der Waals surface area (Å²) in [5.41, 5.74) is 0.0774. The summed E-state index contributed by atoms with van der Waals surface area (Å²) in [5.74, 6) is -1.48. The van der Waals surface area contributed by atoms with Crippen LogP contribution in [0.4, 0.5) is 8.78 Å². The molecule has 0 radical (unpaired) electrons. The Bertz CT molecular complexity index is 551. The minimum absolute atomic E-state index is 0.142. The molecule has 1 heterocycles. The summed E-state index contributed by atoms with van der Waals surface area (Å²) in [6.07, 6.45) is 2.14. The smallest absolute Gasteiger partial charge is 0.240 e. The van der Waals surface area contributed by atoms with Crippen molar-refractivity contribution in [3.05, 3.63) is 35.4 Å². The summed E-state index contributed by atoms with van der Waals surface area (Å²) >= 11 is 2.02. The van der Waals surface area contributed by atoms with E-state index in [9.17, 15) is 13.6 Å². The quantitative estimate of drug-likeness (QED) is 0.582. The monoisotopic (exact) mass is 393 g/mol. The number of halogens is 3. The first kappa shape index (κ1) is 15.2. The van der Waals surface area contributed by atoms with Crippen LogP contribution in [-0.2, 0) is 4.79 Å². The second-order valence-electron chi connectivity index (χ2n) is 4.38. The van der Waals surface area contributed by atoms with Crippen molar-refractivity contribution in [2.24, 2.45) is 0 Å². The molecule has 0 aromatic heterocycles. The van der Waals surface area contributed by atoms with Gasteiger partial charge in [-0.25, -0.2) is 8.78 Å². The largest absolute Gasteiger partial charge is 0.494 e. The van der Waals surface area contributed by atoms with Crippen LogP contribution in [0.1, 0.15) is 18.9 Å². The summed E-state index contributed by atoms with van der Waals surface area (Å²) < 4.78 is 33.1. The zero-order valence-corrected chi connectivity index (χ0v) is 13.3. The summed E-state index contributed by atoms with van der Waals surface area (Å²) in [6, 6.07) is 2.27. The Morgan fingerprint density at radius 3 is 2.55 bits per heavy atom. The number of alkyl halides is 1. The molecule has 0 fully saturated rings. The lowest BCUT2D eigenvalue weighted by Gasteiger charge is -2.28. The number of ether oxygens (including phenoxy) is 1. The van der Waals surface area contributed by atoms with Crippen molar-refractivity contribution in [3.8, 4) is 5.75 Å². The molecule has 2 rings (SSSR count). The van der Waals surface area contributed by atoms with Gasteiger partial charge in [-0.15, -0.1) is 0 Å². The maximum atomic E-state index is 14.1. The van der Waals surface area contributed by atoms with Crippen molar-refractivity contribution in [2.75, 3.05) is 13.7 Å². The molecule has 1 amide bonds. The third-order valence-electron chi connectivity index (χ3n) is 3.06. The second-order valence-corrected chi connectivity index (χ2v) is 5.89. The van der Waals surface area contributed by atoms with Crippen LogP contribution in [0.25, 0.3) is 5.70 Å². The molecule has 1 aliphatic rings. The van der Waals surface area contributed by atoms with Crippen molar-refractivity contribution >= 4 is 34.2 Å². The molecule has 108 valence electrons. The van der Waals surface area contributed by atoms with E-state index < -0.39 is 11.6 Å². The molecule has 6 heteroatoms. The van der Waals surface area contributed by atoms with Gasteiger partial charge in [0, 0.05) is 19.2 Å². The van der Waals surface area contributed by atoms with Crippen molar-refractivity contribution in [1.82, 2.24) is 4.90 Å². The maximum Gasteiger partial charge on any atom is 0.240 e. The normalized spacial score (nSPS) is 19.1. The lowest BCUT2D eigenvalue weighted by Crippen LogP contribution is -2.35. The molecule has 3 nitrogen and oxygen atoms in total. The average Bonchev–Trinajstić information content (AvgIpc) is 2.38. The highest BCUT2D eigenvalue weighted by molar-refractivity contribution is 14.1. The molecule has 1 aromatic carbocycles. The fraction of sp³-hybridized carbons (Fsp3) is 0.357. The predicted octanol–water partition coefficient (Wildman–Crippen LogP) is 3.37. The molecule has 0 bridgehead atoms. The third-order valence-corrected chi connectivity index (χ3v) is 4.10. The van der Waals surface area contributed by atoms with E-state index >= 15 is 0 Å². The van der Waals surface area contributed by atoms with E-state index in [1.807, 2.05) is 22.6 Å². The number of benzene rings is 1. The number of hydrogen-bond acceptors (Lipinski definition) is 2. The molecular formula is C14H14F2INO2. The Morgan fingerprint density at radius 1 is 1.40 bits per heavy atom. The fourth-order valence-electron chi connectivity index (χ4n) is 2.10. The van der Waals surface area contributed by atoms with Gasteiger partial charge < -0.3 is 9.64 Å². The Kier molecular flexibility index (Phi) is 4.62. The second kappa shape index (κ2) is 6.07. The Labute approximate surface area is 129 Å². The summed E-state index contributed by atoms with van der Waals surface area (Å²) in [4.78, 5) is 13.2. The van der Waals surface area contributed by atoms with Crippen LogP contribution in [0.5, 0.6) is 5.75 Å². The van der Waals surface area contributed by atoms with E-state index in [2.05, 4.69) is 0 Å². The van der Waals surface area contributed by atoms with Gasteiger partial charge in [-0.2, -0.15) is 0 Å². The number of carbonyl (C=O) groups excluding carboxylic acids is 1. The van der Waals surface area contributed by atoms with Crippen LogP contribution in [-0.4, -0.2) is 28.4 Å². The van der Waals surface area contributed by atoms with Gasteiger partial charge in [0.25, 0.3) is 0 Å². The molecule has 1 aromatic rings. The number of hydrogen-bond donors (Lipinski definition) is 0. The zero-order chi connectivity index (χ0) is 14.9. The molecule has 0 spiro atoms. The van der Waals surface area contributed by atoms with Gasteiger partial charge in [-0.3, -0.25) is 4.79 Å². The minimum Gasteiger partial charge on any atom is -0.494 e.